The fourth-order valence-corrected chi connectivity index (χ4v) is 3.36. The largest absolute Gasteiger partial charge is 0.508 e. The number of aromatic nitrogens is 1. The molecule has 0 radical (unpaired) electrons. The first-order chi connectivity index (χ1) is 11.6. The maximum absolute atomic E-state index is 12.2. The maximum Gasteiger partial charge on any atom is 0.346 e. The second kappa shape index (κ2) is 5.78. The van der Waals surface area contributed by atoms with Gasteiger partial charge in [-0.1, -0.05) is 23.7 Å². The van der Waals surface area contributed by atoms with Crippen molar-refractivity contribution in [1.29, 1.82) is 0 Å². The molecular formula is C18H10ClNO3S. The Morgan fingerprint density at radius 3 is 2.67 bits per heavy atom. The molecule has 0 atom stereocenters. The van der Waals surface area contributed by atoms with E-state index < -0.39 is 5.63 Å². The van der Waals surface area contributed by atoms with Gasteiger partial charge >= 0.3 is 5.63 Å². The molecule has 118 valence electrons. The third kappa shape index (κ3) is 2.68. The Morgan fingerprint density at radius 1 is 1.08 bits per heavy atom. The summed E-state index contributed by atoms with van der Waals surface area (Å²) in [7, 11) is 0. The molecule has 0 fully saturated rings. The van der Waals surface area contributed by atoms with Crippen LogP contribution in [-0.4, -0.2) is 10.1 Å². The van der Waals surface area contributed by atoms with Crippen LogP contribution in [0.3, 0.4) is 0 Å². The van der Waals surface area contributed by atoms with Crippen LogP contribution in [0.15, 0.2) is 63.1 Å². The van der Waals surface area contributed by atoms with E-state index in [9.17, 15) is 9.90 Å². The monoisotopic (exact) mass is 355 g/mol. The van der Waals surface area contributed by atoms with Gasteiger partial charge in [0, 0.05) is 27.4 Å². The van der Waals surface area contributed by atoms with Gasteiger partial charge in [-0.25, -0.2) is 9.78 Å². The Kier molecular flexibility index (Phi) is 3.59. The van der Waals surface area contributed by atoms with Crippen LogP contribution in [0.5, 0.6) is 5.75 Å². The summed E-state index contributed by atoms with van der Waals surface area (Å²) >= 11 is 7.27. The highest BCUT2D eigenvalue weighted by Crippen LogP contribution is 2.30. The van der Waals surface area contributed by atoms with Crippen LogP contribution in [0.4, 0.5) is 0 Å². The van der Waals surface area contributed by atoms with Crippen molar-refractivity contribution in [3.05, 3.63) is 69.4 Å². The van der Waals surface area contributed by atoms with Crippen molar-refractivity contribution >= 4 is 33.9 Å². The van der Waals surface area contributed by atoms with Crippen LogP contribution in [0.2, 0.25) is 5.02 Å². The zero-order valence-corrected chi connectivity index (χ0v) is 13.8. The van der Waals surface area contributed by atoms with E-state index >= 15 is 0 Å². The molecule has 4 rings (SSSR count). The third-order valence-corrected chi connectivity index (χ3v) is 4.72. The summed E-state index contributed by atoms with van der Waals surface area (Å²) in [5.74, 6) is 0.0534. The second-order valence-electron chi connectivity index (χ2n) is 5.21. The molecule has 0 spiro atoms. The van der Waals surface area contributed by atoms with Gasteiger partial charge in [-0.15, -0.1) is 11.3 Å². The highest BCUT2D eigenvalue weighted by atomic mass is 35.5. The number of rotatable bonds is 2. The van der Waals surface area contributed by atoms with E-state index in [1.165, 1.54) is 17.4 Å². The van der Waals surface area contributed by atoms with Crippen LogP contribution < -0.4 is 5.63 Å². The summed E-state index contributed by atoms with van der Waals surface area (Å²) in [5, 5.41) is 13.3. The number of aromatic hydroxyl groups is 1. The second-order valence-corrected chi connectivity index (χ2v) is 6.51. The standard InChI is InChI=1S/C18H10ClNO3S/c19-12-4-1-10(2-5-12)15-9-24-17(20-15)14-7-11-3-6-13(21)8-16(11)23-18(14)22/h1-9,21H. The molecule has 0 aliphatic heterocycles. The van der Waals surface area contributed by atoms with Gasteiger partial charge in [-0.05, 0) is 30.3 Å². The fraction of sp³-hybridized carbons (Fsp3) is 0. The van der Waals surface area contributed by atoms with E-state index in [0.717, 1.165) is 16.6 Å². The molecule has 4 aromatic rings. The maximum atomic E-state index is 12.2. The van der Waals surface area contributed by atoms with Gasteiger partial charge in [0.1, 0.15) is 16.3 Å². The van der Waals surface area contributed by atoms with Gasteiger partial charge in [0.15, 0.2) is 0 Å². The highest BCUT2D eigenvalue weighted by Gasteiger charge is 2.13. The zero-order valence-electron chi connectivity index (χ0n) is 12.2. The molecule has 24 heavy (non-hydrogen) atoms. The van der Waals surface area contributed by atoms with Crippen molar-refractivity contribution < 1.29 is 9.52 Å². The number of halogens is 1. The van der Waals surface area contributed by atoms with E-state index in [4.69, 9.17) is 16.0 Å². The fourth-order valence-electron chi connectivity index (χ4n) is 2.40. The number of fused-ring (bicyclic) bond motifs is 1. The molecular weight excluding hydrogens is 346 g/mol. The summed E-state index contributed by atoms with van der Waals surface area (Å²) in [5.41, 5.74) is 1.97. The van der Waals surface area contributed by atoms with Crippen molar-refractivity contribution in [2.45, 2.75) is 0 Å². The number of hydrogen-bond acceptors (Lipinski definition) is 5. The topological polar surface area (TPSA) is 63.3 Å². The van der Waals surface area contributed by atoms with Crippen LogP contribution in [-0.2, 0) is 0 Å². The number of nitrogens with zero attached hydrogens (tertiary/aromatic N) is 1. The first kappa shape index (κ1) is 14.9. The summed E-state index contributed by atoms with van der Waals surface area (Å²) < 4.78 is 5.29. The molecule has 2 aromatic heterocycles. The average molecular weight is 356 g/mol. The van der Waals surface area contributed by atoms with Crippen molar-refractivity contribution in [1.82, 2.24) is 4.98 Å². The van der Waals surface area contributed by atoms with Gasteiger partial charge in [-0.2, -0.15) is 0 Å². The van der Waals surface area contributed by atoms with Gasteiger partial charge in [0.25, 0.3) is 0 Å². The predicted octanol–water partition coefficient (Wildman–Crippen LogP) is 4.94. The lowest BCUT2D eigenvalue weighted by atomic mass is 10.1. The zero-order chi connectivity index (χ0) is 16.7. The summed E-state index contributed by atoms with van der Waals surface area (Å²) in [6.07, 6.45) is 0. The first-order valence-electron chi connectivity index (χ1n) is 7.09. The molecule has 0 unspecified atom stereocenters. The molecule has 2 aromatic carbocycles. The van der Waals surface area contributed by atoms with Crippen molar-refractivity contribution in [3.63, 3.8) is 0 Å². The van der Waals surface area contributed by atoms with Crippen molar-refractivity contribution in [3.8, 4) is 27.6 Å². The van der Waals surface area contributed by atoms with Crippen LogP contribution in [0, 0.1) is 0 Å². The van der Waals surface area contributed by atoms with E-state index in [0.29, 0.717) is 21.2 Å². The Hall–Kier alpha value is -2.63. The molecule has 1 N–H and O–H groups in total. The van der Waals surface area contributed by atoms with E-state index in [2.05, 4.69) is 4.98 Å². The quantitative estimate of drug-likeness (QED) is 0.517. The third-order valence-electron chi connectivity index (χ3n) is 3.59. The molecule has 0 saturated heterocycles. The van der Waals surface area contributed by atoms with Crippen LogP contribution in [0.1, 0.15) is 0 Å². The minimum atomic E-state index is -0.481. The molecule has 0 bridgehead atoms. The number of hydrogen-bond donors (Lipinski definition) is 1. The van der Waals surface area contributed by atoms with Gasteiger partial charge in [0.05, 0.1) is 11.3 Å². The Morgan fingerprint density at radius 2 is 1.88 bits per heavy atom. The number of phenols is 1. The number of thiazole rings is 1. The molecule has 6 heteroatoms. The number of benzene rings is 2. The summed E-state index contributed by atoms with van der Waals surface area (Å²) in [6, 6.07) is 13.8. The van der Waals surface area contributed by atoms with E-state index in [-0.39, 0.29) is 5.75 Å². The lowest BCUT2D eigenvalue weighted by molar-refractivity contribution is 0.473. The van der Waals surface area contributed by atoms with E-state index in [1.807, 2.05) is 17.5 Å². The predicted molar refractivity (Wildman–Crippen MR) is 95.7 cm³/mol. The first-order valence-corrected chi connectivity index (χ1v) is 8.35. The molecule has 0 aliphatic rings. The normalized spacial score (nSPS) is 11.0. The van der Waals surface area contributed by atoms with Gasteiger partial charge < -0.3 is 9.52 Å². The van der Waals surface area contributed by atoms with Crippen molar-refractivity contribution in [2.75, 3.05) is 0 Å². The van der Waals surface area contributed by atoms with Crippen LogP contribution >= 0.6 is 22.9 Å². The molecule has 0 aliphatic carbocycles. The lowest BCUT2D eigenvalue weighted by Gasteiger charge is -2.00. The minimum absolute atomic E-state index is 0.0534. The summed E-state index contributed by atoms with van der Waals surface area (Å²) in [6.45, 7) is 0. The highest BCUT2D eigenvalue weighted by molar-refractivity contribution is 7.13. The van der Waals surface area contributed by atoms with E-state index in [1.54, 1.807) is 30.3 Å². The summed E-state index contributed by atoms with van der Waals surface area (Å²) in [4.78, 5) is 16.8. The Labute approximate surface area is 145 Å². The Bertz CT molecular complexity index is 1100. The lowest BCUT2D eigenvalue weighted by Crippen LogP contribution is -2.02. The molecule has 0 saturated carbocycles. The van der Waals surface area contributed by atoms with Crippen LogP contribution in [0.25, 0.3) is 32.8 Å². The average Bonchev–Trinajstić information content (AvgIpc) is 3.04. The minimum Gasteiger partial charge on any atom is -0.508 e. The SMILES string of the molecule is O=c1oc2cc(O)ccc2cc1-c1nc(-c2ccc(Cl)cc2)cs1. The van der Waals surface area contributed by atoms with Crippen molar-refractivity contribution in [2.24, 2.45) is 0 Å². The molecule has 2 heterocycles. The Balaban J connectivity index is 1.80. The number of phenolic OH excluding ortho intramolecular Hbond substituents is 1. The molecule has 4 nitrogen and oxygen atoms in total. The molecule has 0 amide bonds. The van der Waals surface area contributed by atoms with Gasteiger partial charge in [0.2, 0.25) is 0 Å². The smallest absolute Gasteiger partial charge is 0.346 e. The van der Waals surface area contributed by atoms with Gasteiger partial charge in [-0.3, -0.25) is 0 Å².